The minimum Gasteiger partial charge on any atom is -0.381 e. The average molecular weight is 317 g/mol. The lowest BCUT2D eigenvalue weighted by atomic mass is 10.0. The highest BCUT2D eigenvalue weighted by molar-refractivity contribution is 9.10. The van der Waals surface area contributed by atoms with Crippen LogP contribution in [-0.2, 0) is 4.74 Å². The predicted molar refractivity (Wildman–Crippen MR) is 74.4 cm³/mol. The summed E-state index contributed by atoms with van der Waals surface area (Å²) in [7, 11) is 2.02. The van der Waals surface area contributed by atoms with Crippen molar-refractivity contribution >= 4 is 27.7 Å². The maximum absolute atomic E-state index is 5.44. The molecule has 0 radical (unpaired) electrons. The summed E-state index contributed by atoms with van der Waals surface area (Å²) in [5.74, 6) is 1.66. The fourth-order valence-corrected chi connectivity index (χ4v) is 3.69. The Hall–Kier alpha value is -0.100. The molecule has 1 N–H and O–H groups in total. The van der Waals surface area contributed by atoms with Gasteiger partial charge >= 0.3 is 0 Å². The van der Waals surface area contributed by atoms with Crippen LogP contribution in [0.25, 0.3) is 0 Å². The summed E-state index contributed by atoms with van der Waals surface area (Å²) >= 11 is 5.31. The summed E-state index contributed by atoms with van der Waals surface area (Å²) in [5, 5.41) is 4.45. The molecule has 0 spiro atoms. The summed E-state index contributed by atoms with van der Waals surface area (Å²) in [6.45, 7) is 1.79. The van der Waals surface area contributed by atoms with Gasteiger partial charge in [0.25, 0.3) is 0 Å². The molecule has 3 nitrogen and oxygen atoms in total. The van der Waals surface area contributed by atoms with E-state index in [4.69, 9.17) is 4.74 Å². The van der Waals surface area contributed by atoms with Crippen LogP contribution in [-0.4, -0.2) is 37.0 Å². The van der Waals surface area contributed by atoms with Gasteiger partial charge in [-0.2, -0.15) is 0 Å². The van der Waals surface area contributed by atoms with Crippen LogP contribution in [0, 0.1) is 5.92 Å². The van der Waals surface area contributed by atoms with Crippen LogP contribution in [0.5, 0.6) is 0 Å². The van der Waals surface area contributed by atoms with Crippen LogP contribution in [0.4, 0.5) is 0 Å². The molecular formula is C12H17BrN2OS. The van der Waals surface area contributed by atoms with E-state index in [0.29, 0.717) is 12.0 Å². The highest BCUT2D eigenvalue weighted by Gasteiger charge is 2.24. The van der Waals surface area contributed by atoms with E-state index in [2.05, 4.69) is 26.2 Å². The fourth-order valence-electron chi connectivity index (χ4n) is 1.97. The molecule has 94 valence electrons. The lowest BCUT2D eigenvalue weighted by Gasteiger charge is -2.21. The molecule has 1 aliphatic rings. The standard InChI is InChI=1S/C12H17BrN2OS/c1-14-11(9-4-6-16-7-9)8-17-12-10(13)3-2-5-15-12/h2-3,5,9,11,14H,4,6-8H2,1H3. The molecule has 1 saturated heterocycles. The Balaban J connectivity index is 1.89. The Morgan fingerprint density at radius 3 is 3.24 bits per heavy atom. The number of rotatable bonds is 5. The zero-order chi connectivity index (χ0) is 12.1. The van der Waals surface area contributed by atoms with Crippen molar-refractivity contribution in [2.45, 2.75) is 17.5 Å². The predicted octanol–water partition coefficient (Wildman–Crippen LogP) is 2.56. The highest BCUT2D eigenvalue weighted by Crippen LogP contribution is 2.27. The zero-order valence-electron chi connectivity index (χ0n) is 9.86. The number of hydrogen-bond donors (Lipinski definition) is 1. The van der Waals surface area contributed by atoms with E-state index in [9.17, 15) is 0 Å². The molecule has 0 aromatic carbocycles. The number of thioether (sulfide) groups is 1. The average Bonchev–Trinajstić information content (AvgIpc) is 2.86. The Bertz CT molecular complexity index is 358. The van der Waals surface area contributed by atoms with Crippen LogP contribution >= 0.6 is 27.7 Å². The molecule has 2 rings (SSSR count). The minimum absolute atomic E-state index is 0.497. The number of hydrogen-bond acceptors (Lipinski definition) is 4. The summed E-state index contributed by atoms with van der Waals surface area (Å²) < 4.78 is 6.51. The minimum atomic E-state index is 0.497. The maximum atomic E-state index is 5.44. The third-order valence-corrected chi connectivity index (χ3v) is 5.06. The molecule has 5 heteroatoms. The number of nitrogens with zero attached hydrogens (tertiary/aromatic N) is 1. The van der Waals surface area contributed by atoms with Gasteiger partial charge in [0, 0.05) is 35.0 Å². The molecule has 2 unspecified atom stereocenters. The first kappa shape index (κ1) is 13.3. The number of aromatic nitrogens is 1. The van der Waals surface area contributed by atoms with E-state index in [-0.39, 0.29) is 0 Å². The molecule has 1 aromatic heterocycles. The molecule has 0 bridgehead atoms. The first-order chi connectivity index (χ1) is 8.31. The molecule has 2 atom stereocenters. The highest BCUT2D eigenvalue weighted by atomic mass is 79.9. The molecule has 1 aromatic rings. The van der Waals surface area contributed by atoms with Crippen LogP contribution < -0.4 is 5.32 Å². The zero-order valence-corrected chi connectivity index (χ0v) is 12.3. The van der Waals surface area contributed by atoms with Gasteiger partial charge in [0.15, 0.2) is 0 Å². The Labute approximate surface area is 115 Å². The van der Waals surface area contributed by atoms with Crippen molar-refractivity contribution < 1.29 is 4.74 Å². The summed E-state index contributed by atoms with van der Waals surface area (Å²) in [5.41, 5.74) is 0. The molecule has 0 aliphatic carbocycles. The maximum Gasteiger partial charge on any atom is 0.110 e. The van der Waals surface area contributed by atoms with Crippen molar-refractivity contribution in [2.24, 2.45) is 5.92 Å². The number of nitrogens with one attached hydrogen (secondary N) is 1. The van der Waals surface area contributed by atoms with Gasteiger partial charge in [-0.15, -0.1) is 11.8 Å². The van der Waals surface area contributed by atoms with Crippen molar-refractivity contribution in [3.63, 3.8) is 0 Å². The first-order valence-corrected chi connectivity index (χ1v) is 7.57. The molecule has 1 aliphatic heterocycles. The van der Waals surface area contributed by atoms with E-state index in [1.807, 2.05) is 25.4 Å². The topological polar surface area (TPSA) is 34.2 Å². The Morgan fingerprint density at radius 2 is 2.59 bits per heavy atom. The van der Waals surface area contributed by atoms with Gasteiger partial charge in [0.2, 0.25) is 0 Å². The molecule has 17 heavy (non-hydrogen) atoms. The van der Waals surface area contributed by atoms with E-state index in [1.54, 1.807) is 11.8 Å². The van der Waals surface area contributed by atoms with Gasteiger partial charge in [0.1, 0.15) is 5.03 Å². The molecule has 2 heterocycles. The van der Waals surface area contributed by atoms with Gasteiger partial charge in [-0.3, -0.25) is 0 Å². The van der Waals surface area contributed by atoms with Crippen LogP contribution in [0.3, 0.4) is 0 Å². The second-order valence-electron chi connectivity index (χ2n) is 4.12. The summed E-state index contributed by atoms with van der Waals surface area (Å²) in [6, 6.07) is 4.47. The SMILES string of the molecule is CNC(CSc1ncccc1Br)C1CCOC1. The molecule has 0 saturated carbocycles. The summed E-state index contributed by atoms with van der Waals surface area (Å²) in [6.07, 6.45) is 3.00. The van der Waals surface area contributed by atoms with Gasteiger partial charge in [0.05, 0.1) is 6.61 Å². The van der Waals surface area contributed by atoms with Gasteiger partial charge in [-0.05, 0) is 41.5 Å². The molecule has 0 amide bonds. The second kappa shape index (κ2) is 6.73. The van der Waals surface area contributed by atoms with E-state index in [0.717, 1.165) is 34.9 Å². The first-order valence-electron chi connectivity index (χ1n) is 5.79. The van der Waals surface area contributed by atoms with E-state index in [1.165, 1.54) is 0 Å². The quantitative estimate of drug-likeness (QED) is 0.847. The van der Waals surface area contributed by atoms with Crippen LogP contribution in [0.2, 0.25) is 0 Å². The third kappa shape index (κ3) is 3.68. The Kier molecular flexibility index (Phi) is 5.28. The monoisotopic (exact) mass is 316 g/mol. The van der Waals surface area contributed by atoms with Gasteiger partial charge in [-0.25, -0.2) is 4.98 Å². The number of pyridine rings is 1. The smallest absolute Gasteiger partial charge is 0.110 e. The van der Waals surface area contributed by atoms with Crippen molar-refractivity contribution in [1.29, 1.82) is 0 Å². The normalized spacial score (nSPS) is 21.6. The number of halogens is 1. The van der Waals surface area contributed by atoms with E-state index >= 15 is 0 Å². The van der Waals surface area contributed by atoms with Crippen molar-refractivity contribution in [1.82, 2.24) is 10.3 Å². The lowest BCUT2D eigenvalue weighted by Crippen LogP contribution is -2.36. The van der Waals surface area contributed by atoms with E-state index < -0.39 is 0 Å². The van der Waals surface area contributed by atoms with Gasteiger partial charge in [-0.1, -0.05) is 0 Å². The fraction of sp³-hybridized carbons (Fsp3) is 0.583. The van der Waals surface area contributed by atoms with Crippen molar-refractivity contribution in [3.8, 4) is 0 Å². The van der Waals surface area contributed by atoms with Crippen LogP contribution in [0.1, 0.15) is 6.42 Å². The van der Waals surface area contributed by atoms with Crippen LogP contribution in [0.15, 0.2) is 27.8 Å². The lowest BCUT2D eigenvalue weighted by molar-refractivity contribution is 0.180. The number of ether oxygens (including phenoxy) is 1. The third-order valence-electron chi connectivity index (χ3n) is 3.03. The largest absolute Gasteiger partial charge is 0.381 e. The molecular weight excluding hydrogens is 300 g/mol. The Morgan fingerprint density at radius 1 is 1.71 bits per heavy atom. The van der Waals surface area contributed by atoms with Crippen molar-refractivity contribution in [3.05, 3.63) is 22.8 Å². The summed E-state index contributed by atoms with van der Waals surface area (Å²) in [4.78, 5) is 4.37. The van der Waals surface area contributed by atoms with Gasteiger partial charge < -0.3 is 10.1 Å². The second-order valence-corrected chi connectivity index (χ2v) is 5.98. The van der Waals surface area contributed by atoms with Crippen molar-refractivity contribution in [2.75, 3.05) is 26.0 Å². The molecule has 1 fully saturated rings.